The lowest BCUT2D eigenvalue weighted by atomic mass is 9.77. The standard InChI is InChI=1S/C14H19NO/c1-3-10-8-13(14(15)16)12(7-9(10)2)11-5-4-6-11/h7-8,11H,3-6H2,1-2H3,(H2,15,16). The molecule has 0 atom stereocenters. The van der Waals surface area contributed by atoms with Gasteiger partial charge in [-0.3, -0.25) is 4.79 Å². The maximum atomic E-state index is 11.5. The number of primary amides is 1. The van der Waals surface area contributed by atoms with E-state index in [-0.39, 0.29) is 5.91 Å². The lowest BCUT2D eigenvalue weighted by Crippen LogP contribution is -2.19. The Labute approximate surface area is 96.8 Å². The minimum absolute atomic E-state index is 0.281. The van der Waals surface area contributed by atoms with E-state index in [0.717, 1.165) is 12.0 Å². The molecular formula is C14H19NO. The van der Waals surface area contributed by atoms with Crippen LogP contribution < -0.4 is 5.73 Å². The molecule has 2 heteroatoms. The molecule has 1 aliphatic rings. The van der Waals surface area contributed by atoms with Crippen molar-refractivity contribution in [3.8, 4) is 0 Å². The van der Waals surface area contributed by atoms with Crippen LogP contribution in [-0.2, 0) is 6.42 Å². The van der Waals surface area contributed by atoms with Crippen LogP contribution in [0.4, 0.5) is 0 Å². The maximum absolute atomic E-state index is 11.5. The van der Waals surface area contributed by atoms with Crippen LogP contribution in [0, 0.1) is 6.92 Å². The van der Waals surface area contributed by atoms with Crippen LogP contribution in [0.2, 0.25) is 0 Å². The Hall–Kier alpha value is -1.31. The summed E-state index contributed by atoms with van der Waals surface area (Å²) in [5.74, 6) is 0.281. The molecule has 0 unspecified atom stereocenters. The minimum atomic E-state index is -0.281. The van der Waals surface area contributed by atoms with Crippen molar-refractivity contribution in [3.63, 3.8) is 0 Å². The fraction of sp³-hybridized carbons (Fsp3) is 0.500. The highest BCUT2D eigenvalue weighted by Gasteiger charge is 2.24. The number of nitrogens with two attached hydrogens (primary N) is 1. The monoisotopic (exact) mass is 217 g/mol. The predicted molar refractivity (Wildman–Crippen MR) is 65.7 cm³/mol. The van der Waals surface area contributed by atoms with Gasteiger partial charge < -0.3 is 5.73 Å². The van der Waals surface area contributed by atoms with Gasteiger partial charge in [-0.25, -0.2) is 0 Å². The second kappa shape index (κ2) is 4.28. The van der Waals surface area contributed by atoms with E-state index in [9.17, 15) is 4.79 Å². The number of carbonyl (C=O) groups excluding carboxylic acids is 1. The van der Waals surface area contributed by atoms with Crippen molar-refractivity contribution in [1.82, 2.24) is 0 Å². The second-order valence-corrected chi connectivity index (χ2v) is 4.71. The molecule has 1 fully saturated rings. The quantitative estimate of drug-likeness (QED) is 0.831. The summed E-state index contributed by atoms with van der Waals surface area (Å²) in [5.41, 5.74) is 9.90. The van der Waals surface area contributed by atoms with E-state index in [2.05, 4.69) is 19.9 Å². The molecule has 1 aromatic rings. The van der Waals surface area contributed by atoms with Gasteiger partial charge in [-0.2, -0.15) is 0 Å². The minimum Gasteiger partial charge on any atom is -0.366 e. The van der Waals surface area contributed by atoms with Crippen LogP contribution in [-0.4, -0.2) is 5.91 Å². The number of amides is 1. The van der Waals surface area contributed by atoms with Gasteiger partial charge in [0.2, 0.25) is 5.91 Å². The van der Waals surface area contributed by atoms with Gasteiger partial charge in [-0.1, -0.05) is 19.4 Å². The average Bonchev–Trinajstić information content (AvgIpc) is 2.14. The number of carbonyl (C=O) groups is 1. The van der Waals surface area contributed by atoms with Gasteiger partial charge in [0.25, 0.3) is 0 Å². The molecule has 86 valence electrons. The highest BCUT2D eigenvalue weighted by molar-refractivity contribution is 5.95. The zero-order valence-electron chi connectivity index (χ0n) is 10.0. The summed E-state index contributed by atoms with van der Waals surface area (Å²) in [4.78, 5) is 11.5. The van der Waals surface area contributed by atoms with Crippen molar-refractivity contribution in [2.45, 2.75) is 45.4 Å². The van der Waals surface area contributed by atoms with E-state index in [1.54, 1.807) is 0 Å². The van der Waals surface area contributed by atoms with Gasteiger partial charge in [0.15, 0.2) is 0 Å². The summed E-state index contributed by atoms with van der Waals surface area (Å²) in [7, 11) is 0. The normalized spacial score (nSPS) is 15.9. The van der Waals surface area contributed by atoms with E-state index >= 15 is 0 Å². The fourth-order valence-electron chi connectivity index (χ4n) is 2.43. The maximum Gasteiger partial charge on any atom is 0.248 e. The zero-order valence-corrected chi connectivity index (χ0v) is 10.0. The molecule has 16 heavy (non-hydrogen) atoms. The third-order valence-corrected chi connectivity index (χ3v) is 3.70. The summed E-state index contributed by atoms with van der Waals surface area (Å²) in [6, 6.07) is 4.16. The van der Waals surface area contributed by atoms with E-state index < -0.39 is 0 Å². The van der Waals surface area contributed by atoms with Gasteiger partial charge in [-0.15, -0.1) is 0 Å². The molecule has 0 radical (unpaired) electrons. The molecule has 1 aliphatic carbocycles. The summed E-state index contributed by atoms with van der Waals surface area (Å²) in [6.45, 7) is 4.22. The largest absolute Gasteiger partial charge is 0.366 e. The molecular weight excluding hydrogens is 198 g/mol. The Balaban J connectivity index is 2.48. The smallest absolute Gasteiger partial charge is 0.248 e. The summed E-state index contributed by atoms with van der Waals surface area (Å²) in [6.07, 6.45) is 4.63. The Morgan fingerprint density at radius 2 is 2.12 bits per heavy atom. The zero-order chi connectivity index (χ0) is 11.7. The SMILES string of the molecule is CCc1cc(C(N)=O)c(C2CCC2)cc1C. The molecule has 0 aliphatic heterocycles. The van der Waals surface area contributed by atoms with Crippen molar-refractivity contribution in [1.29, 1.82) is 0 Å². The molecule has 1 aromatic carbocycles. The molecule has 2 N–H and O–H groups in total. The number of rotatable bonds is 3. The number of aryl methyl sites for hydroxylation is 2. The van der Waals surface area contributed by atoms with E-state index in [1.165, 1.54) is 36.0 Å². The third kappa shape index (κ3) is 1.84. The van der Waals surface area contributed by atoms with Gasteiger partial charge in [0.1, 0.15) is 0 Å². The molecule has 0 aromatic heterocycles. The average molecular weight is 217 g/mol. The molecule has 0 spiro atoms. The Morgan fingerprint density at radius 1 is 1.44 bits per heavy atom. The van der Waals surface area contributed by atoms with E-state index in [0.29, 0.717) is 5.92 Å². The van der Waals surface area contributed by atoms with E-state index in [1.807, 2.05) is 6.07 Å². The van der Waals surface area contributed by atoms with Crippen molar-refractivity contribution in [2.24, 2.45) is 5.73 Å². The molecule has 0 heterocycles. The summed E-state index contributed by atoms with van der Waals surface area (Å²) in [5, 5.41) is 0. The van der Waals surface area contributed by atoms with Crippen molar-refractivity contribution in [2.75, 3.05) is 0 Å². The first-order chi connectivity index (χ1) is 7.63. The van der Waals surface area contributed by atoms with Crippen molar-refractivity contribution in [3.05, 3.63) is 34.4 Å². The highest BCUT2D eigenvalue weighted by Crippen LogP contribution is 2.38. The Bertz CT molecular complexity index is 419. The summed E-state index contributed by atoms with van der Waals surface area (Å²) >= 11 is 0. The van der Waals surface area contributed by atoms with Crippen LogP contribution in [0.5, 0.6) is 0 Å². The van der Waals surface area contributed by atoms with E-state index in [4.69, 9.17) is 5.73 Å². The topological polar surface area (TPSA) is 43.1 Å². The Morgan fingerprint density at radius 3 is 2.56 bits per heavy atom. The first-order valence-corrected chi connectivity index (χ1v) is 6.06. The van der Waals surface area contributed by atoms with Crippen LogP contribution in [0.3, 0.4) is 0 Å². The summed E-state index contributed by atoms with van der Waals surface area (Å²) < 4.78 is 0. The number of benzene rings is 1. The molecule has 1 saturated carbocycles. The van der Waals surface area contributed by atoms with Crippen molar-refractivity contribution < 1.29 is 4.79 Å². The first kappa shape index (κ1) is 11.2. The Kier molecular flexibility index (Phi) is 2.99. The fourth-order valence-corrected chi connectivity index (χ4v) is 2.43. The third-order valence-electron chi connectivity index (χ3n) is 3.70. The van der Waals surface area contributed by atoms with Gasteiger partial charge in [0.05, 0.1) is 0 Å². The second-order valence-electron chi connectivity index (χ2n) is 4.71. The molecule has 1 amide bonds. The molecule has 2 rings (SSSR count). The van der Waals surface area contributed by atoms with Crippen LogP contribution in [0.1, 0.15) is 59.2 Å². The van der Waals surface area contributed by atoms with Crippen LogP contribution >= 0.6 is 0 Å². The molecule has 0 saturated heterocycles. The van der Waals surface area contributed by atoms with Gasteiger partial charge in [-0.05, 0) is 54.9 Å². The first-order valence-electron chi connectivity index (χ1n) is 6.06. The number of hydrogen-bond acceptors (Lipinski definition) is 1. The van der Waals surface area contributed by atoms with Crippen LogP contribution in [0.25, 0.3) is 0 Å². The predicted octanol–water partition coefficient (Wildman–Crippen LogP) is 2.92. The highest BCUT2D eigenvalue weighted by atomic mass is 16.1. The lowest BCUT2D eigenvalue weighted by Gasteiger charge is -2.28. The molecule has 0 bridgehead atoms. The van der Waals surface area contributed by atoms with Gasteiger partial charge >= 0.3 is 0 Å². The molecule has 2 nitrogen and oxygen atoms in total. The van der Waals surface area contributed by atoms with Crippen LogP contribution in [0.15, 0.2) is 12.1 Å². The number of hydrogen-bond donors (Lipinski definition) is 1. The lowest BCUT2D eigenvalue weighted by molar-refractivity contribution is 0.0998. The van der Waals surface area contributed by atoms with Gasteiger partial charge in [0, 0.05) is 5.56 Å². The van der Waals surface area contributed by atoms with Crippen molar-refractivity contribution >= 4 is 5.91 Å².